The summed E-state index contributed by atoms with van der Waals surface area (Å²) in [7, 11) is 0. The van der Waals surface area contributed by atoms with Gasteiger partial charge in [0.05, 0.1) is 21.4 Å². The van der Waals surface area contributed by atoms with Crippen LogP contribution in [0.1, 0.15) is 18.2 Å². The molecular formula is C20H15Cl2N3O2. The molecule has 2 aromatic carbocycles. The lowest BCUT2D eigenvalue weighted by Gasteiger charge is -2.35. The van der Waals surface area contributed by atoms with E-state index >= 15 is 0 Å². The van der Waals surface area contributed by atoms with Crippen molar-refractivity contribution in [3.05, 3.63) is 63.8 Å². The van der Waals surface area contributed by atoms with Crippen molar-refractivity contribution in [2.75, 3.05) is 11.4 Å². The summed E-state index contributed by atoms with van der Waals surface area (Å²) in [4.78, 5) is 32.8. The fraction of sp³-hybridized carbons (Fsp3) is 0.200. The summed E-state index contributed by atoms with van der Waals surface area (Å²) >= 11 is 12.1. The van der Waals surface area contributed by atoms with Gasteiger partial charge in [0.25, 0.3) is 5.91 Å². The largest absolute Gasteiger partial charge is 0.356 e. The Hall–Kier alpha value is -2.50. The molecule has 27 heavy (non-hydrogen) atoms. The van der Waals surface area contributed by atoms with E-state index in [1.807, 2.05) is 24.3 Å². The third-order valence-electron chi connectivity index (χ3n) is 5.63. The molecule has 3 amide bonds. The number of fused-ring (bicyclic) bond motifs is 5. The van der Waals surface area contributed by atoms with Gasteiger partial charge in [0.15, 0.2) is 5.54 Å². The van der Waals surface area contributed by atoms with E-state index in [-0.39, 0.29) is 11.9 Å². The second-order valence-corrected chi connectivity index (χ2v) is 7.83. The molecule has 7 heteroatoms. The maximum Gasteiger partial charge on any atom is 0.332 e. The van der Waals surface area contributed by atoms with E-state index in [1.54, 1.807) is 30.0 Å². The Balaban J connectivity index is 1.69. The van der Waals surface area contributed by atoms with Crippen LogP contribution in [-0.4, -0.2) is 28.4 Å². The van der Waals surface area contributed by atoms with Crippen molar-refractivity contribution < 1.29 is 9.59 Å². The monoisotopic (exact) mass is 399 g/mol. The topological polar surface area (TPSA) is 56.4 Å². The van der Waals surface area contributed by atoms with Crippen molar-refractivity contribution in [2.45, 2.75) is 18.9 Å². The molecule has 5 rings (SSSR count). The number of aromatic amines is 1. The molecule has 3 aromatic rings. The van der Waals surface area contributed by atoms with Crippen molar-refractivity contribution >= 4 is 51.7 Å². The minimum absolute atomic E-state index is 0.293. The summed E-state index contributed by atoms with van der Waals surface area (Å²) in [6.45, 7) is 2.28. The third-order valence-corrected chi connectivity index (χ3v) is 6.37. The zero-order chi connectivity index (χ0) is 18.9. The normalized spacial score (nSPS) is 21.7. The molecule has 1 saturated heterocycles. The van der Waals surface area contributed by atoms with Crippen molar-refractivity contribution in [1.82, 2.24) is 9.88 Å². The average Bonchev–Trinajstić information content (AvgIpc) is 3.13. The minimum Gasteiger partial charge on any atom is -0.356 e. The van der Waals surface area contributed by atoms with Crippen LogP contribution in [0.25, 0.3) is 10.9 Å². The molecule has 0 saturated carbocycles. The lowest BCUT2D eigenvalue weighted by molar-refractivity contribution is -0.125. The van der Waals surface area contributed by atoms with Gasteiger partial charge in [0.2, 0.25) is 0 Å². The van der Waals surface area contributed by atoms with Gasteiger partial charge < -0.3 is 9.88 Å². The van der Waals surface area contributed by atoms with Gasteiger partial charge >= 0.3 is 6.03 Å². The van der Waals surface area contributed by atoms with Crippen LogP contribution in [0.3, 0.4) is 0 Å². The summed E-state index contributed by atoms with van der Waals surface area (Å²) < 4.78 is 0. The quantitative estimate of drug-likeness (QED) is 0.602. The highest BCUT2D eigenvalue weighted by Gasteiger charge is 2.59. The number of imide groups is 1. The van der Waals surface area contributed by atoms with Gasteiger partial charge in [-0.1, -0.05) is 41.4 Å². The highest BCUT2D eigenvalue weighted by molar-refractivity contribution is 6.42. The fourth-order valence-electron chi connectivity index (χ4n) is 4.24. The number of nitrogens with zero attached hydrogens (tertiary/aromatic N) is 2. The third kappa shape index (κ3) is 2.07. The lowest BCUT2D eigenvalue weighted by atomic mass is 9.87. The fourth-order valence-corrected chi connectivity index (χ4v) is 4.54. The number of urea groups is 1. The summed E-state index contributed by atoms with van der Waals surface area (Å²) in [6.07, 6.45) is 0.698. The average molecular weight is 400 g/mol. The zero-order valence-electron chi connectivity index (χ0n) is 14.4. The van der Waals surface area contributed by atoms with E-state index in [4.69, 9.17) is 23.2 Å². The van der Waals surface area contributed by atoms with Gasteiger partial charge in [0, 0.05) is 17.4 Å². The number of carbonyl (C=O) groups is 2. The summed E-state index contributed by atoms with van der Waals surface area (Å²) in [5, 5.41) is 1.78. The zero-order valence-corrected chi connectivity index (χ0v) is 15.9. The molecule has 1 aromatic heterocycles. The summed E-state index contributed by atoms with van der Waals surface area (Å²) in [5.41, 5.74) is 2.21. The van der Waals surface area contributed by atoms with Crippen molar-refractivity contribution in [3.8, 4) is 0 Å². The molecule has 0 spiro atoms. The molecule has 2 aliphatic rings. The number of amides is 3. The lowest BCUT2D eigenvalue weighted by Crippen LogP contribution is -2.49. The number of rotatable bonds is 1. The SMILES string of the molecule is C[C@@]12C(=O)N(c3ccc(Cl)c(Cl)c3)C(=O)N1CCc1c2[nH]c2ccccc12. The van der Waals surface area contributed by atoms with Gasteiger partial charge in [-0.3, -0.25) is 4.79 Å². The predicted octanol–water partition coefficient (Wildman–Crippen LogP) is 4.71. The number of nitrogens with one attached hydrogen (secondary N) is 1. The van der Waals surface area contributed by atoms with Crippen molar-refractivity contribution in [3.63, 3.8) is 0 Å². The number of carbonyl (C=O) groups excluding carboxylic acids is 2. The van der Waals surface area contributed by atoms with Crippen LogP contribution in [0.4, 0.5) is 10.5 Å². The number of anilines is 1. The van der Waals surface area contributed by atoms with Gasteiger partial charge in [-0.15, -0.1) is 0 Å². The molecule has 136 valence electrons. The van der Waals surface area contributed by atoms with E-state index in [9.17, 15) is 9.59 Å². The molecule has 3 heterocycles. The highest BCUT2D eigenvalue weighted by Crippen LogP contribution is 2.45. The van der Waals surface area contributed by atoms with Crippen LogP contribution in [-0.2, 0) is 16.8 Å². The van der Waals surface area contributed by atoms with Gasteiger partial charge in [-0.2, -0.15) is 0 Å². The molecule has 2 aliphatic heterocycles. The van der Waals surface area contributed by atoms with Gasteiger partial charge in [-0.25, -0.2) is 9.69 Å². The Kier molecular flexibility index (Phi) is 3.39. The Labute approximate surface area is 165 Å². The molecule has 0 unspecified atom stereocenters. The first-order valence-corrected chi connectivity index (χ1v) is 9.40. The molecular weight excluding hydrogens is 385 g/mol. The standard InChI is InChI=1S/C20H15Cl2N3O2/c1-20-17-13(12-4-2-3-5-16(12)23-17)8-9-24(20)19(27)25(18(20)26)11-6-7-14(21)15(22)10-11/h2-7,10,23H,8-9H2,1H3/t20-/m1/s1. The molecule has 1 N–H and O–H groups in total. The number of para-hydroxylation sites is 1. The molecule has 1 fully saturated rings. The van der Waals surface area contributed by atoms with Crippen molar-refractivity contribution in [1.29, 1.82) is 0 Å². The van der Waals surface area contributed by atoms with Gasteiger partial charge in [-0.05, 0) is 43.2 Å². The Morgan fingerprint density at radius 2 is 1.85 bits per heavy atom. The smallest absolute Gasteiger partial charge is 0.332 e. The van der Waals surface area contributed by atoms with E-state index < -0.39 is 5.54 Å². The number of H-pyrrole nitrogens is 1. The van der Waals surface area contributed by atoms with Crippen LogP contribution < -0.4 is 4.90 Å². The summed E-state index contributed by atoms with van der Waals surface area (Å²) in [6, 6.07) is 12.4. The molecule has 0 aliphatic carbocycles. The molecule has 5 nitrogen and oxygen atoms in total. The first-order valence-electron chi connectivity index (χ1n) is 8.64. The van der Waals surface area contributed by atoms with E-state index in [0.717, 1.165) is 22.2 Å². The Morgan fingerprint density at radius 1 is 1.07 bits per heavy atom. The van der Waals surface area contributed by atoms with E-state index in [0.29, 0.717) is 28.7 Å². The molecule has 1 atom stereocenters. The number of hydrogen-bond donors (Lipinski definition) is 1. The molecule has 0 radical (unpaired) electrons. The van der Waals surface area contributed by atoms with Crippen LogP contribution in [0, 0.1) is 0 Å². The predicted molar refractivity (Wildman–Crippen MR) is 105 cm³/mol. The number of halogens is 2. The van der Waals surface area contributed by atoms with E-state index in [2.05, 4.69) is 4.98 Å². The maximum atomic E-state index is 13.5. The maximum absolute atomic E-state index is 13.5. The van der Waals surface area contributed by atoms with Crippen LogP contribution in [0.2, 0.25) is 10.0 Å². The first kappa shape index (κ1) is 16.7. The van der Waals surface area contributed by atoms with Crippen LogP contribution in [0.5, 0.6) is 0 Å². The van der Waals surface area contributed by atoms with Gasteiger partial charge in [0.1, 0.15) is 0 Å². The second kappa shape index (κ2) is 5.50. The minimum atomic E-state index is -1.07. The number of hydrogen-bond acceptors (Lipinski definition) is 2. The van der Waals surface area contributed by atoms with Crippen LogP contribution >= 0.6 is 23.2 Å². The van der Waals surface area contributed by atoms with Crippen LogP contribution in [0.15, 0.2) is 42.5 Å². The first-order chi connectivity index (χ1) is 12.9. The number of benzene rings is 2. The summed E-state index contributed by atoms with van der Waals surface area (Å²) in [5.74, 6) is -0.293. The van der Waals surface area contributed by atoms with Crippen molar-refractivity contribution in [2.24, 2.45) is 0 Å². The molecule has 0 bridgehead atoms. The second-order valence-electron chi connectivity index (χ2n) is 7.02. The van der Waals surface area contributed by atoms with E-state index in [1.165, 1.54) is 4.90 Å². The number of aromatic nitrogens is 1. The highest BCUT2D eigenvalue weighted by atomic mass is 35.5. The Morgan fingerprint density at radius 3 is 2.63 bits per heavy atom. The Bertz CT molecular complexity index is 1140.